The number of nitriles is 1. The fourth-order valence-corrected chi connectivity index (χ4v) is 5.23. The van der Waals surface area contributed by atoms with Gasteiger partial charge in [0.2, 0.25) is 5.96 Å². The number of nitrogens with one attached hydrogen (secondary N) is 2. The van der Waals surface area contributed by atoms with Gasteiger partial charge >= 0.3 is 0 Å². The van der Waals surface area contributed by atoms with Crippen molar-refractivity contribution in [2.45, 2.75) is 51.6 Å². The zero-order chi connectivity index (χ0) is 25.9. The SMILES string of the molecule is CCc1cc(F)c2nc(N3CCC(NC(=NC4CCOCC4)NC#N)C3)c(-c3ccn(C)n3)c(C)c2c1. The Morgan fingerprint density at radius 1 is 1.30 bits per heavy atom. The molecule has 5 rings (SSSR count). The first-order valence-electron chi connectivity index (χ1n) is 12.9. The summed E-state index contributed by atoms with van der Waals surface area (Å²) < 4.78 is 22.4. The summed E-state index contributed by atoms with van der Waals surface area (Å²) in [6, 6.07) is 5.78. The molecule has 2 aliphatic heterocycles. The standard InChI is InChI=1S/C27H33FN8O/c1-4-18-13-21-17(2)24(23-6-9-35(3)34-23)26(33-25(21)22(28)14-18)36-10-5-20(15-36)32-27(30-16-29)31-19-7-11-37-12-8-19/h6,9,13-14,19-20H,4-5,7-8,10-12,15H2,1-3H3,(H2,30,31,32). The molecule has 2 N–H and O–H groups in total. The van der Waals surface area contributed by atoms with Crippen LogP contribution in [0.5, 0.6) is 0 Å². The number of pyridine rings is 1. The van der Waals surface area contributed by atoms with Crippen LogP contribution in [0.2, 0.25) is 0 Å². The van der Waals surface area contributed by atoms with Gasteiger partial charge in [-0.05, 0) is 61.9 Å². The lowest BCUT2D eigenvalue weighted by molar-refractivity contribution is 0.0870. The number of aryl methyl sites for hydroxylation is 3. The van der Waals surface area contributed by atoms with Crippen LogP contribution in [0.4, 0.5) is 10.2 Å². The van der Waals surface area contributed by atoms with Crippen LogP contribution in [0.3, 0.4) is 0 Å². The molecule has 1 atom stereocenters. The van der Waals surface area contributed by atoms with Crippen LogP contribution < -0.4 is 15.5 Å². The predicted octanol–water partition coefficient (Wildman–Crippen LogP) is 3.42. The number of nitrogens with zero attached hydrogens (tertiary/aromatic N) is 6. The number of benzene rings is 1. The second-order valence-electron chi connectivity index (χ2n) is 9.77. The normalized spacial score (nSPS) is 18.8. The second kappa shape index (κ2) is 10.7. The molecular weight excluding hydrogens is 471 g/mol. The number of ether oxygens (including phenoxy) is 1. The molecule has 2 fully saturated rings. The number of halogens is 1. The van der Waals surface area contributed by atoms with E-state index in [0.717, 1.165) is 65.8 Å². The van der Waals surface area contributed by atoms with E-state index in [1.807, 2.05) is 45.4 Å². The predicted molar refractivity (Wildman–Crippen MR) is 142 cm³/mol. The largest absolute Gasteiger partial charge is 0.381 e. The maximum atomic E-state index is 15.2. The third-order valence-electron chi connectivity index (χ3n) is 7.23. The first kappa shape index (κ1) is 25.0. The molecule has 3 aromatic rings. The number of aromatic nitrogens is 3. The van der Waals surface area contributed by atoms with Gasteiger partial charge in [0, 0.05) is 56.5 Å². The van der Waals surface area contributed by atoms with Crippen LogP contribution in [-0.4, -0.2) is 59.1 Å². The number of anilines is 1. The Bertz CT molecular complexity index is 1350. The lowest BCUT2D eigenvalue weighted by Gasteiger charge is -2.24. The van der Waals surface area contributed by atoms with Gasteiger partial charge in [-0.1, -0.05) is 6.92 Å². The Hall–Kier alpha value is -3.71. The molecule has 1 aromatic carbocycles. The van der Waals surface area contributed by atoms with E-state index in [1.165, 1.54) is 0 Å². The summed E-state index contributed by atoms with van der Waals surface area (Å²) in [5.41, 5.74) is 4.04. The minimum Gasteiger partial charge on any atom is -0.381 e. The van der Waals surface area contributed by atoms with E-state index < -0.39 is 0 Å². The van der Waals surface area contributed by atoms with E-state index in [9.17, 15) is 5.26 Å². The van der Waals surface area contributed by atoms with Crippen LogP contribution >= 0.6 is 0 Å². The van der Waals surface area contributed by atoms with Gasteiger partial charge in [0.25, 0.3) is 0 Å². The van der Waals surface area contributed by atoms with Crippen molar-refractivity contribution in [3.63, 3.8) is 0 Å². The topological polar surface area (TPSA) is 103 Å². The molecule has 0 spiro atoms. The average molecular weight is 505 g/mol. The van der Waals surface area contributed by atoms with Crippen molar-refractivity contribution >= 4 is 22.7 Å². The minimum absolute atomic E-state index is 0.0566. The van der Waals surface area contributed by atoms with Gasteiger partial charge in [-0.3, -0.25) is 10.00 Å². The molecule has 0 aliphatic carbocycles. The molecule has 37 heavy (non-hydrogen) atoms. The summed E-state index contributed by atoms with van der Waals surface area (Å²) in [6.07, 6.45) is 7.17. The molecule has 0 bridgehead atoms. The zero-order valence-corrected chi connectivity index (χ0v) is 21.6. The van der Waals surface area contributed by atoms with Crippen molar-refractivity contribution in [2.75, 3.05) is 31.2 Å². The fourth-order valence-electron chi connectivity index (χ4n) is 5.23. The van der Waals surface area contributed by atoms with E-state index in [1.54, 1.807) is 10.7 Å². The fraction of sp³-hybridized carbons (Fsp3) is 0.481. The maximum absolute atomic E-state index is 15.2. The Kier molecular flexibility index (Phi) is 7.24. The van der Waals surface area contributed by atoms with E-state index >= 15 is 4.39 Å². The smallest absolute Gasteiger partial charge is 0.205 e. The molecule has 4 heterocycles. The van der Waals surface area contributed by atoms with E-state index in [0.29, 0.717) is 31.2 Å². The van der Waals surface area contributed by atoms with Crippen molar-refractivity contribution in [2.24, 2.45) is 12.0 Å². The first-order chi connectivity index (χ1) is 18.0. The van der Waals surface area contributed by atoms with Gasteiger partial charge < -0.3 is 15.0 Å². The highest BCUT2D eigenvalue weighted by molar-refractivity contribution is 5.94. The lowest BCUT2D eigenvalue weighted by atomic mass is 9.98. The maximum Gasteiger partial charge on any atom is 0.205 e. The van der Waals surface area contributed by atoms with Gasteiger partial charge in [-0.25, -0.2) is 14.4 Å². The number of hydrogen-bond acceptors (Lipinski definition) is 6. The number of hydrogen-bond donors (Lipinski definition) is 2. The van der Waals surface area contributed by atoms with Gasteiger partial charge in [-0.2, -0.15) is 10.4 Å². The Morgan fingerprint density at radius 3 is 2.81 bits per heavy atom. The molecule has 0 saturated carbocycles. The quantitative estimate of drug-likeness (QED) is 0.238. The monoisotopic (exact) mass is 504 g/mol. The molecule has 0 radical (unpaired) electrons. The lowest BCUT2D eigenvalue weighted by Crippen LogP contribution is -2.44. The number of rotatable bonds is 5. The van der Waals surface area contributed by atoms with E-state index in [2.05, 4.69) is 20.6 Å². The molecule has 2 aliphatic rings. The number of aliphatic imine (C=N–C) groups is 1. The van der Waals surface area contributed by atoms with Crippen molar-refractivity contribution in [1.82, 2.24) is 25.4 Å². The Balaban J connectivity index is 1.48. The Morgan fingerprint density at radius 2 is 2.11 bits per heavy atom. The van der Waals surface area contributed by atoms with Crippen LogP contribution in [0.25, 0.3) is 22.2 Å². The number of fused-ring (bicyclic) bond motifs is 1. The highest BCUT2D eigenvalue weighted by Gasteiger charge is 2.29. The van der Waals surface area contributed by atoms with Crippen LogP contribution in [0.15, 0.2) is 29.4 Å². The molecule has 2 saturated heterocycles. The van der Waals surface area contributed by atoms with Gasteiger partial charge in [0.1, 0.15) is 17.2 Å². The van der Waals surface area contributed by atoms with Crippen molar-refractivity contribution < 1.29 is 9.13 Å². The van der Waals surface area contributed by atoms with Crippen LogP contribution in [0.1, 0.15) is 37.3 Å². The molecule has 0 amide bonds. The average Bonchev–Trinajstić information content (AvgIpc) is 3.54. The minimum atomic E-state index is -0.302. The van der Waals surface area contributed by atoms with Crippen molar-refractivity contribution in [3.8, 4) is 17.5 Å². The summed E-state index contributed by atoms with van der Waals surface area (Å²) in [5, 5.41) is 20.9. The zero-order valence-electron chi connectivity index (χ0n) is 21.6. The summed E-state index contributed by atoms with van der Waals surface area (Å²) in [7, 11) is 1.89. The first-order valence-corrected chi connectivity index (χ1v) is 12.9. The summed E-state index contributed by atoms with van der Waals surface area (Å²) in [4.78, 5) is 11.8. The van der Waals surface area contributed by atoms with E-state index in [4.69, 9.17) is 14.7 Å². The molecular formula is C27H33FN8O. The van der Waals surface area contributed by atoms with Crippen LogP contribution in [0, 0.1) is 24.2 Å². The summed E-state index contributed by atoms with van der Waals surface area (Å²) in [6.45, 7) is 6.80. The van der Waals surface area contributed by atoms with Gasteiger partial charge in [0.05, 0.1) is 11.7 Å². The van der Waals surface area contributed by atoms with Gasteiger partial charge in [0.15, 0.2) is 6.19 Å². The third kappa shape index (κ3) is 5.23. The highest BCUT2D eigenvalue weighted by atomic mass is 19.1. The Labute approximate surface area is 216 Å². The highest BCUT2D eigenvalue weighted by Crippen LogP contribution is 2.38. The van der Waals surface area contributed by atoms with Gasteiger partial charge in [-0.15, -0.1) is 0 Å². The molecule has 10 heteroatoms. The molecule has 194 valence electrons. The number of guanidine groups is 1. The molecule has 2 aromatic heterocycles. The third-order valence-corrected chi connectivity index (χ3v) is 7.23. The van der Waals surface area contributed by atoms with Crippen molar-refractivity contribution in [1.29, 1.82) is 5.26 Å². The molecule has 9 nitrogen and oxygen atoms in total. The second-order valence-corrected chi connectivity index (χ2v) is 9.77. The molecule has 1 unspecified atom stereocenters. The van der Waals surface area contributed by atoms with Crippen LogP contribution in [-0.2, 0) is 18.2 Å². The van der Waals surface area contributed by atoms with Crippen molar-refractivity contribution in [3.05, 3.63) is 41.3 Å². The van der Waals surface area contributed by atoms with E-state index in [-0.39, 0.29) is 17.9 Å². The summed E-state index contributed by atoms with van der Waals surface area (Å²) >= 11 is 0. The summed E-state index contributed by atoms with van der Waals surface area (Å²) in [5.74, 6) is 0.920.